The van der Waals surface area contributed by atoms with Crippen molar-refractivity contribution in [1.29, 1.82) is 0 Å². The zero-order valence-electron chi connectivity index (χ0n) is 13.7. The molecule has 22 heavy (non-hydrogen) atoms. The van der Waals surface area contributed by atoms with E-state index in [4.69, 9.17) is 9.47 Å². The van der Waals surface area contributed by atoms with Gasteiger partial charge in [-0.1, -0.05) is 6.92 Å². The van der Waals surface area contributed by atoms with Crippen LogP contribution in [-0.4, -0.2) is 53.7 Å². The van der Waals surface area contributed by atoms with Crippen LogP contribution in [0, 0.1) is 12.8 Å². The molecular formula is C15H24N2O4S. The van der Waals surface area contributed by atoms with E-state index in [1.54, 1.807) is 13.0 Å². The Bertz CT molecular complexity index is 645. The molecule has 1 N–H and O–H groups in total. The molecule has 1 heterocycles. The van der Waals surface area contributed by atoms with E-state index in [1.165, 1.54) is 20.3 Å². The van der Waals surface area contributed by atoms with Crippen LogP contribution in [0.25, 0.3) is 0 Å². The van der Waals surface area contributed by atoms with E-state index in [0.29, 0.717) is 23.6 Å². The number of likely N-dealkylation sites (N-methyl/N-ethyl adjacent to an activating group) is 1. The highest BCUT2D eigenvalue weighted by atomic mass is 32.2. The highest BCUT2D eigenvalue weighted by Gasteiger charge is 2.32. The number of ether oxygens (including phenoxy) is 2. The summed E-state index contributed by atoms with van der Waals surface area (Å²) in [6.45, 7) is 5.41. The quantitative estimate of drug-likeness (QED) is 0.881. The Morgan fingerprint density at radius 1 is 1.18 bits per heavy atom. The number of hydrogen-bond acceptors (Lipinski definition) is 5. The topological polar surface area (TPSA) is 67.9 Å². The second-order valence-electron chi connectivity index (χ2n) is 5.90. The van der Waals surface area contributed by atoms with Crippen LogP contribution in [0.15, 0.2) is 17.0 Å². The molecule has 1 fully saturated rings. The van der Waals surface area contributed by atoms with Gasteiger partial charge >= 0.3 is 0 Å². The predicted octanol–water partition coefficient (Wildman–Crippen LogP) is 1.24. The van der Waals surface area contributed by atoms with E-state index >= 15 is 0 Å². The molecule has 2 rings (SSSR count). The fraction of sp³-hybridized carbons (Fsp3) is 0.600. The summed E-state index contributed by atoms with van der Waals surface area (Å²) in [6, 6.07) is 3.11. The maximum Gasteiger partial charge on any atom is 0.241 e. The van der Waals surface area contributed by atoms with Gasteiger partial charge < -0.3 is 14.4 Å². The fourth-order valence-corrected chi connectivity index (χ4v) is 4.45. The summed E-state index contributed by atoms with van der Waals surface area (Å²) in [5.74, 6) is 1.21. The Hall–Kier alpha value is -1.31. The minimum absolute atomic E-state index is 0.0810. The van der Waals surface area contributed by atoms with Crippen molar-refractivity contribution < 1.29 is 17.9 Å². The molecule has 6 nitrogen and oxygen atoms in total. The summed E-state index contributed by atoms with van der Waals surface area (Å²) < 4.78 is 38.6. The van der Waals surface area contributed by atoms with E-state index in [2.05, 4.69) is 16.5 Å². The van der Waals surface area contributed by atoms with Crippen LogP contribution in [0.5, 0.6) is 11.5 Å². The number of sulfonamides is 1. The van der Waals surface area contributed by atoms with Crippen molar-refractivity contribution >= 4 is 10.0 Å². The van der Waals surface area contributed by atoms with Gasteiger partial charge in [-0.05, 0) is 31.5 Å². The summed E-state index contributed by atoms with van der Waals surface area (Å²) in [5, 5.41) is 0. The van der Waals surface area contributed by atoms with Crippen molar-refractivity contribution in [2.45, 2.75) is 24.8 Å². The molecule has 1 aliphatic rings. The van der Waals surface area contributed by atoms with Crippen molar-refractivity contribution in [2.75, 3.05) is 34.4 Å². The van der Waals surface area contributed by atoms with Crippen LogP contribution in [-0.2, 0) is 10.0 Å². The molecule has 124 valence electrons. The number of likely N-dealkylation sites (tertiary alicyclic amines) is 1. The van der Waals surface area contributed by atoms with Crippen molar-refractivity contribution in [3.05, 3.63) is 17.7 Å². The summed E-state index contributed by atoms with van der Waals surface area (Å²) in [7, 11) is 1.41. The van der Waals surface area contributed by atoms with E-state index in [-0.39, 0.29) is 16.9 Å². The zero-order valence-corrected chi connectivity index (χ0v) is 14.5. The summed E-state index contributed by atoms with van der Waals surface area (Å²) in [5.41, 5.74) is 0.629. The number of benzene rings is 1. The first kappa shape index (κ1) is 17.1. The lowest BCUT2D eigenvalue weighted by Gasteiger charge is -2.19. The standard InChI is InChI=1S/C15H24N2O4S/c1-10-6-13(20-4)14(21-5)7-15(10)22(18,19)16-12-9-17(3)8-11(12)2/h6-7,11-12,16H,8-9H2,1-5H3/t11-,12+/m0/s1. The Kier molecular flexibility index (Phi) is 4.99. The number of nitrogens with zero attached hydrogens (tertiary/aromatic N) is 1. The van der Waals surface area contributed by atoms with E-state index in [9.17, 15) is 8.42 Å². The molecule has 1 saturated heterocycles. The van der Waals surface area contributed by atoms with Crippen molar-refractivity contribution in [2.24, 2.45) is 5.92 Å². The monoisotopic (exact) mass is 328 g/mol. The van der Waals surface area contributed by atoms with Crippen molar-refractivity contribution in [1.82, 2.24) is 9.62 Å². The number of rotatable bonds is 5. The van der Waals surface area contributed by atoms with E-state index in [0.717, 1.165) is 6.54 Å². The van der Waals surface area contributed by atoms with Gasteiger partial charge in [-0.3, -0.25) is 0 Å². The zero-order chi connectivity index (χ0) is 16.5. The Balaban J connectivity index is 2.33. The Morgan fingerprint density at radius 3 is 2.27 bits per heavy atom. The van der Waals surface area contributed by atoms with Gasteiger partial charge in [0.15, 0.2) is 11.5 Å². The normalized spacial score (nSPS) is 22.8. The average molecular weight is 328 g/mol. The molecule has 0 amide bonds. The third-order valence-corrected chi connectivity index (χ3v) is 5.70. The molecular weight excluding hydrogens is 304 g/mol. The smallest absolute Gasteiger partial charge is 0.241 e. The maximum absolute atomic E-state index is 12.7. The molecule has 1 aromatic rings. The van der Waals surface area contributed by atoms with Gasteiger partial charge in [0.1, 0.15) is 0 Å². The summed E-state index contributed by atoms with van der Waals surface area (Å²) in [4.78, 5) is 2.35. The van der Waals surface area contributed by atoms with Crippen LogP contribution in [0.3, 0.4) is 0 Å². The molecule has 0 unspecified atom stereocenters. The summed E-state index contributed by atoms with van der Waals surface area (Å²) in [6.07, 6.45) is 0. The second kappa shape index (κ2) is 6.44. The van der Waals surface area contributed by atoms with Crippen LogP contribution in [0.2, 0.25) is 0 Å². The molecule has 2 atom stereocenters. The molecule has 0 aliphatic carbocycles. The minimum atomic E-state index is -3.60. The van der Waals surface area contributed by atoms with Crippen molar-refractivity contribution in [3.63, 3.8) is 0 Å². The number of hydrogen-bond donors (Lipinski definition) is 1. The Morgan fingerprint density at radius 2 is 1.77 bits per heavy atom. The molecule has 7 heteroatoms. The third-order valence-electron chi connectivity index (χ3n) is 4.07. The largest absolute Gasteiger partial charge is 0.493 e. The second-order valence-corrected chi connectivity index (χ2v) is 7.58. The van der Waals surface area contributed by atoms with Crippen LogP contribution in [0.4, 0.5) is 0 Å². The van der Waals surface area contributed by atoms with E-state index in [1.807, 2.05) is 7.05 Å². The molecule has 0 aromatic heterocycles. The Labute approximate surface area is 132 Å². The van der Waals surface area contributed by atoms with Crippen molar-refractivity contribution in [3.8, 4) is 11.5 Å². The van der Waals surface area contributed by atoms with Crippen LogP contribution >= 0.6 is 0 Å². The van der Waals surface area contributed by atoms with Gasteiger partial charge in [0.2, 0.25) is 10.0 Å². The first-order valence-electron chi connectivity index (χ1n) is 7.22. The lowest BCUT2D eigenvalue weighted by Crippen LogP contribution is -2.39. The minimum Gasteiger partial charge on any atom is -0.493 e. The van der Waals surface area contributed by atoms with Gasteiger partial charge in [-0.2, -0.15) is 0 Å². The summed E-state index contributed by atoms with van der Waals surface area (Å²) >= 11 is 0. The molecule has 1 aromatic carbocycles. The average Bonchev–Trinajstić information content (AvgIpc) is 2.75. The molecule has 1 aliphatic heterocycles. The SMILES string of the molecule is COc1cc(C)c(S(=O)(=O)N[C@@H]2CN(C)C[C@@H]2C)cc1OC. The van der Waals surface area contributed by atoms with Gasteiger partial charge in [-0.15, -0.1) is 0 Å². The molecule has 0 saturated carbocycles. The third kappa shape index (κ3) is 3.37. The maximum atomic E-state index is 12.7. The number of methoxy groups -OCH3 is 2. The number of aryl methyl sites for hydroxylation is 1. The molecule has 0 spiro atoms. The number of nitrogens with one attached hydrogen (secondary N) is 1. The van der Waals surface area contributed by atoms with Gasteiger partial charge in [-0.25, -0.2) is 13.1 Å². The van der Waals surface area contributed by atoms with Crippen LogP contribution in [0.1, 0.15) is 12.5 Å². The first-order chi connectivity index (χ1) is 10.3. The predicted molar refractivity (Wildman–Crippen MR) is 85.1 cm³/mol. The van der Waals surface area contributed by atoms with E-state index < -0.39 is 10.0 Å². The van der Waals surface area contributed by atoms with Crippen LogP contribution < -0.4 is 14.2 Å². The lowest BCUT2D eigenvalue weighted by molar-refractivity contribution is 0.353. The molecule has 0 bridgehead atoms. The van der Waals surface area contributed by atoms with Gasteiger partial charge in [0.25, 0.3) is 0 Å². The fourth-order valence-electron chi connectivity index (χ4n) is 2.88. The van der Waals surface area contributed by atoms with Gasteiger partial charge in [0.05, 0.1) is 19.1 Å². The van der Waals surface area contributed by atoms with Gasteiger partial charge in [0, 0.05) is 25.2 Å². The highest BCUT2D eigenvalue weighted by molar-refractivity contribution is 7.89. The highest BCUT2D eigenvalue weighted by Crippen LogP contribution is 2.32. The lowest BCUT2D eigenvalue weighted by atomic mass is 10.1. The molecule has 0 radical (unpaired) electrons. The first-order valence-corrected chi connectivity index (χ1v) is 8.70.